The van der Waals surface area contributed by atoms with Crippen LogP contribution in [0.15, 0.2) is 135 Å². The number of benzene rings is 4. The molecule has 4 nitrogen and oxygen atoms in total. The van der Waals surface area contributed by atoms with E-state index in [9.17, 15) is 29.8 Å². The summed E-state index contributed by atoms with van der Waals surface area (Å²) in [5.74, 6) is 0.508. The Kier molecular flexibility index (Phi) is 7.73. The van der Waals surface area contributed by atoms with Crippen LogP contribution in [-0.2, 0) is 10.1 Å². The van der Waals surface area contributed by atoms with Crippen molar-refractivity contribution >= 4 is 39.9 Å². The fourth-order valence-electron chi connectivity index (χ4n) is 3.20. The Hall–Kier alpha value is -2.66. The van der Waals surface area contributed by atoms with Crippen LogP contribution in [0.1, 0.15) is 1.43 Å². The van der Waals surface area contributed by atoms with Crippen LogP contribution in [-0.4, -0.2) is 32.4 Å². The fourth-order valence-corrected chi connectivity index (χ4v) is 6.81. The molecule has 4 aromatic carbocycles. The first-order valence-electron chi connectivity index (χ1n) is 10.3. The molecule has 0 aromatic heterocycles. The molecule has 37 heavy (non-hydrogen) atoms. The first kappa shape index (κ1) is 28.9. The molecule has 0 fully saturated rings. The van der Waals surface area contributed by atoms with Gasteiger partial charge in [0.2, 0.25) is 0 Å². The first-order chi connectivity index (χ1) is 16.9. The van der Waals surface area contributed by atoms with E-state index < -0.39 is 39.9 Å². The second-order valence-electron chi connectivity index (χ2n) is 7.48. The Labute approximate surface area is 215 Å². The number of halogens is 6. The normalized spacial score (nSPS) is 14.4. The van der Waals surface area contributed by atoms with Crippen molar-refractivity contribution in [3.05, 3.63) is 115 Å². The molecule has 0 atom stereocenters. The minimum atomic E-state index is -11.2. The van der Waals surface area contributed by atoms with Crippen LogP contribution in [0.4, 0.5) is 16.9 Å². The van der Waals surface area contributed by atoms with E-state index in [1.807, 2.05) is 91.0 Å². The molecule has 0 aliphatic carbocycles. The molecule has 0 heterocycles. The van der Waals surface area contributed by atoms with Crippen LogP contribution in [0.3, 0.4) is 0 Å². The monoisotopic (exact) mass is 672 g/mol. The minimum absolute atomic E-state index is 0. The van der Waals surface area contributed by atoms with E-state index in [2.05, 4.69) is 0 Å². The SMILES string of the molecule is O=S(=O)(O)c1ccc(OS(c2ccccc2)(c2ccccc2)c2ccccc2)cc1.[F][Sb-]([F])([F])([F])([F])[F].[H+]. The van der Waals surface area contributed by atoms with Gasteiger partial charge < -0.3 is 4.18 Å². The van der Waals surface area contributed by atoms with E-state index in [1.165, 1.54) is 12.1 Å². The molecule has 0 aliphatic heterocycles. The Balaban J connectivity index is 0.000000561. The third kappa shape index (κ3) is 8.99. The van der Waals surface area contributed by atoms with Gasteiger partial charge in [-0.15, -0.1) is 0 Å². The predicted octanol–water partition coefficient (Wildman–Crippen LogP) is 8.46. The summed E-state index contributed by atoms with van der Waals surface area (Å²) >= 11 is -11.2. The van der Waals surface area contributed by atoms with Crippen LogP contribution >= 0.6 is 10.3 Å². The van der Waals surface area contributed by atoms with E-state index in [1.54, 1.807) is 12.1 Å². The molecular weight excluding hydrogens is 652 g/mol. The molecule has 13 heteroatoms. The first-order valence-corrected chi connectivity index (χ1v) is 19.1. The van der Waals surface area contributed by atoms with Gasteiger partial charge in [-0.25, -0.2) is 0 Å². The summed E-state index contributed by atoms with van der Waals surface area (Å²) in [7, 11) is -6.41. The van der Waals surface area contributed by atoms with Gasteiger partial charge in [-0.1, -0.05) is 54.6 Å². The summed E-state index contributed by atoms with van der Waals surface area (Å²) in [6, 6.07) is 35.9. The summed E-state index contributed by atoms with van der Waals surface area (Å²) < 4.78 is 98.4. The number of rotatable bonds is 6. The quantitative estimate of drug-likeness (QED) is 0.127. The smallest absolute Gasteiger partial charge is 1.00 e. The Morgan fingerprint density at radius 1 is 0.541 bits per heavy atom. The fraction of sp³-hybridized carbons (Fsp3) is 0. The Morgan fingerprint density at radius 3 is 1.11 bits per heavy atom. The minimum Gasteiger partial charge on any atom is 1.00 e. The van der Waals surface area contributed by atoms with Gasteiger partial charge in [0.1, 0.15) is 5.75 Å². The zero-order valence-electron chi connectivity index (χ0n) is 19.7. The Morgan fingerprint density at radius 2 is 0.838 bits per heavy atom. The van der Waals surface area contributed by atoms with Crippen molar-refractivity contribution in [1.82, 2.24) is 0 Å². The van der Waals surface area contributed by atoms with E-state index in [4.69, 9.17) is 4.18 Å². The molecule has 0 amide bonds. The van der Waals surface area contributed by atoms with E-state index in [-0.39, 0.29) is 6.32 Å². The zero-order chi connectivity index (χ0) is 27.4. The van der Waals surface area contributed by atoms with Gasteiger partial charge >= 0.3 is 37.8 Å². The van der Waals surface area contributed by atoms with Gasteiger partial charge in [0.15, 0.2) is 0 Å². The van der Waals surface area contributed by atoms with Crippen molar-refractivity contribution < 1.29 is 35.5 Å². The maximum Gasteiger partial charge on any atom is 1.00 e. The topological polar surface area (TPSA) is 63.6 Å². The maximum absolute atomic E-state index is 11.4. The summed E-state index contributed by atoms with van der Waals surface area (Å²) in [6.07, 6.45) is 0. The average molecular weight is 673 g/mol. The van der Waals surface area contributed by atoms with Gasteiger partial charge in [-0.2, -0.15) is 8.42 Å². The standard InChI is InChI=1S/C24H20O4S2.6FH.Sb/c25-30(26,27)24-18-16-20(17-19-24)28-29(21-10-4-1-5-11-21,22-12-6-2-7-13-22)23-14-8-3-9-15-23;;;;;;;/h1-19H,(H,25,26,27);6*1H;/q;;;;;;;+5/p-5. The molecule has 4 aromatic rings. The van der Waals surface area contributed by atoms with Gasteiger partial charge in [-0.3, -0.25) is 4.55 Å². The summed E-state index contributed by atoms with van der Waals surface area (Å²) in [5, 5.41) is 0. The molecule has 0 saturated carbocycles. The third-order valence-electron chi connectivity index (χ3n) is 4.57. The molecule has 0 spiro atoms. The summed E-state index contributed by atoms with van der Waals surface area (Å²) in [5.41, 5.74) is 0. The zero-order valence-corrected chi connectivity index (χ0v) is 22.9. The van der Waals surface area contributed by atoms with Crippen molar-refractivity contribution in [1.29, 1.82) is 0 Å². The molecular formula is C24H21F6O4S2Sb. The van der Waals surface area contributed by atoms with Crippen molar-refractivity contribution in [3.63, 3.8) is 0 Å². The number of hydrogen-bond acceptors (Lipinski definition) is 3. The molecule has 4 rings (SSSR count). The van der Waals surface area contributed by atoms with E-state index in [0.717, 1.165) is 14.7 Å². The van der Waals surface area contributed by atoms with Crippen LogP contribution in [0, 0.1) is 0 Å². The number of hydrogen-bond donors (Lipinski definition) is 1. The molecule has 200 valence electrons. The molecule has 0 bridgehead atoms. The molecule has 1 N–H and O–H groups in total. The van der Waals surface area contributed by atoms with Crippen molar-refractivity contribution in [2.24, 2.45) is 0 Å². The van der Waals surface area contributed by atoms with Crippen molar-refractivity contribution in [2.45, 2.75) is 19.6 Å². The molecule has 0 aliphatic rings. The second-order valence-corrected chi connectivity index (χ2v) is 17.1. The average Bonchev–Trinajstić information content (AvgIpc) is 2.82. The van der Waals surface area contributed by atoms with E-state index in [0.29, 0.717) is 5.75 Å². The third-order valence-corrected chi connectivity index (χ3v) is 8.69. The van der Waals surface area contributed by atoms with Gasteiger partial charge in [0.05, 0.1) is 4.90 Å². The van der Waals surface area contributed by atoms with Crippen molar-refractivity contribution in [3.8, 4) is 5.75 Å². The Bertz CT molecular complexity index is 1340. The van der Waals surface area contributed by atoms with Crippen molar-refractivity contribution in [2.75, 3.05) is 0 Å². The van der Waals surface area contributed by atoms with Gasteiger partial charge in [-0.05, 0) is 71.0 Å². The largest absolute Gasteiger partial charge is 1.00 e. The van der Waals surface area contributed by atoms with Gasteiger partial charge in [0.25, 0.3) is 10.1 Å². The molecule has 0 unspecified atom stereocenters. The van der Waals surface area contributed by atoms with Crippen LogP contribution in [0.25, 0.3) is 0 Å². The van der Waals surface area contributed by atoms with Crippen LogP contribution in [0.2, 0.25) is 0 Å². The van der Waals surface area contributed by atoms with E-state index >= 15 is 0 Å². The van der Waals surface area contributed by atoms with Crippen LogP contribution in [0.5, 0.6) is 5.75 Å². The summed E-state index contributed by atoms with van der Waals surface area (Å²) in [6.45, 7) is 0. The molecule has 0 radical (unpaired) electrons. The predicted molar refractivity (Wildman–Crippen MR) is 132 cm³/mol. The van der Waals surface area contributed by atoms with Crippen LogP contribution < -0.4 is 4.18 Å². The summed E-state index contributed by atoms with van der Waals surface area (Å²) in [4.78, 5) is 2.87. The second kappa shape index (κ2) is 9.90. The maximum atomic E-state index is 11.4. The van der Waals surface area contributed by atoms with Gasteiger partial charge in [0, 0.05) is 14.7 Å². The molecule has 0 saturated heterocycles.